The van der Waals surface area contributed by atoms with Crippen LogP contribution in [0, 0.1) is 0 Å². The standard InChI is InChI=1S/C15H13N3O2/c1-20-14-10(4-2-6-12(14)16)13(19)11-8-18-15-9(11)5-3-7-17-15/h2-8H,16H2,1H3,(H,17,18). The van der Waals surface area contributed by atoms with Crippen molar-refractivity contribution in [2.45, 2.75) is 0 Å². The molecule has 5 heteroatoms. The smallest absolute Gasteiger partial charge is 0.199 e. The van der Waals surface area contributed by atoms with E-state index >= 15 is 0 Å². The Morgan fingerprint density at radius 2 is 2.10 bits per heavy atom. The first-order valence-electron chi connectivity index (χ1n) is 6.11. The number of benzene rings is 1. The van der Waals surface area contributed by atoms with Gasteiger partial charge in [-0.2, -0.15) is 0 Å². The summed E-state index contributed by atoms with van der Waals surface area (Å²) in [6, 6.07) is 8.78. The number of pyridine rings is 1. The number of nitrogens with two attached hydrogens (primary N) is 1. The van der Waals surface area contributed by atoms with Crippen molar-refractivity contribution in [3.05, 3.63) is 53.9 Å². The zero-order valence-electron chi connectivity index (χ0n) is 10.9. The fraction of sp³-hybridized carbons (Fsp3) is 0.0667. The second-order valence-corrected chi connectivity index (χ2v) is 4.36. The van der Waals surface area contributed by atoms with Crippen LogP contribution in [0.1, 0.15) is 15.9 Å². The van der Waals surface area contributed by atoms with Gasteiger partial charge in [-0.1, -0.05) is 6.07 Å². The van der Waals surface area contributed by atoms with Gasteiger partial charge >= 0.3 is 0 Å². The highest BCUT2D eigenvalue weighted by Crippen LogP contribution is 2.29. The van der Waals surface area contributed by atoms with Crippen LogP contribution in [0.25, 0.3) is 11.0 Å². The van der Waals surface area contributed by atoms with Crippen LogP contribution in [0.4, 0.5) is 5.69 Å². The lowest BCUT2D eigenvalue weighted by Crippen LogP contribution is -2.05. The molecule has 1 aromatic carbocycles. The van der Waals surface area contributed by atoms with Gasteiger partial charge in [-0.3, -0.25) is 4.79 Å². The average Bonchev–Trinajstić information content (AvgIpc) is 2.90. The van der Waals surface area contributed by atoms with E-state index in [4.69, 9.17) is 10.5 Å². The van der Waals surface area contributed by atoms with Crippen LogP contribution in [0.5, 0.6) is 5.75 Å². The lowest BCUT2D eigenvalue weighted by Gasteiger charge is -2.09. The molecule has 0 radical (unpaired) electrons. The van der Waals surface area contributed by atoms with Crippen molar-refractivity contribution < 1.29 is 9.53 Å². The highest BCUT2D eigenvalue weighted by Gasteiger charge is 2.19. The van der Waals surface area contributed by atoms with Crippen molar-refractivity contribution in [3.8, 4) is 5.75 Å². The van der Waals surface area contributed by atoms with E-state index in [2.05, 4.69) is 9.97 Å². The molecule has 3 N–H and O–H groups in total. The maximum Gasteiger partial charge on any atom is 0.199 e. The number of ketones is 1. The summed E-state index contributed by atoms with van der Waals surface area (Å²) in [7, 11) is 1.50. The Balaban J connectivity index is 2.16. The molecule has 0 saturated heterocycles. The van der Waals surface area contributed by atoms with Gasteiger partial charge in [0, 0.05) is 23.3 Å². The lowest BCUT2D eigenvalue weighted by atomic mass is 10.0. The summed E-state index contributed by atoms with van der Waals surface area (Å²) in [6.07, 6.45) is 3.33. The van der Waals surface area contributed by atoms with E-state index in [0.29, 0.717) is 28.2 Å². The molecule has 2 aromatic heterocycles. The Labute approximate surface area is 115 Å². The van der Waals surface area contributed by atoms with Crippen molar-refractivity contribution in [3.63, 3.8) is 0 Å². The molecule has 0 spiro atoms. The molecular weight excluding hydrogens is 254 g/mol. The molecule has 0 aliphatic heterocycles. The molecule has 0 saturated carbocycles. The van der Waals surface area contributed by atoms with Crippen molar-refractivity contribution in [1.29, 1.82) is 0 Å². The number of nitrogens with one attached hydrogen (secondary N) is 1. The first-order chi connectivity index (χ1) is 9.72. The highest BCUT2D eigenvalue weighted by molar-refractivity contribution is 6.17. The van der Waals surface area contributed by atoms with Crippen molar-refractivity contribution >= 4 is 22.5 Å². The van der Waals surface area contributed by atoms with Gasteiger partial charge in [0.25, 0.3) is 0 Å². The summed E-state index contributed by atoms with van der Waals surface area (Å²) in [4.78, 5) is 19.8. The predicted octanol–water partition coefficient (Wildman–Crippen LogP) is 2.38. The van der Waals surface area contributed by atoms with Gasteiger partial charge in [-0.15, -0.1) is 0 Å². The molecule has 100 valence electrons. The fourth-order valence-corrected chi connectivity index (χ4v) is 2.25. The van der Waals surface area contributed by atoms with E-state index in [0.717, 1.165) is 5.39 Å². The highest BCUT2D eigenvalue weighted by atomic mass is 16.5. The number of carbonyl (C=O) groups excluding carboxylic acids is 1. The SMILES string of the molecule is COc1c(N)cccc1C(=O)c1c[nH]c2ncccc12. The lowest BCUT2D eigenvalue weighted by molar-refractivity contribution is 0.103. The molecule has 0 fully saturated rings. The summed E-state index contributed by atoms with van der Waals surface area (Å²) in [6.45, 7) is 0. The molecule has 0 aliphatic carbocycles. The maximum absolute atomic E-state index is 12.7. The van der Waals surface area contributed by atoms with Crippen LogP contribution < -0.4 is 10.5 Å². The van der Waals surface area contributed by atoms with Crippen LogP contribution in [0.2, 0.25) is 0 Å². The summed E-state index contributed by atoms with van der Waals surface area (Å²) in [5, 5.41) is 0.780. The molecule has 2 heterocycles. The van der Waals surface area contributed by atoms with Crippen molar-refractivity contribution in [2.75, 3.05) is 12.8 Å². The Hall–Kier alpha value is -2.82. The molecule has 20 heavy (non-hydrogen) atoms. The fourth-order valence-electron chi connectivity index (χ4n) is 2.25. The Morgan fingerprint density at radius 1 is 1.25 bits per heavy atom. The zero-order valence-corrected chi connectivity index (χ0v) is 10.9. The Kier molecular flexibility index (Phi) is 2.87. The number of carbonyl (C=O) groups is 1. The number of nitrogens with zero attached hydrogens (tertiary/aromatic N) is 1. The maximum atomic E-state index is 12.7. The van der Waals surface area contributed by atoms with Crippen LogP contribution in [0.15, 0.2) is 42.7 Å². The number of nitrogen functional groups attached to an aromatic ring is 1. The molecule has 0 bridgehead atoms. The quantitative estimate of drug-likeness (QED) is 0.564. The molecule has 5 nitrogen and oxygen atoms in total. The number of H-pyrrole nitrogens is 1. The molecule has 0 atom stereocenters. The van der Waals surface area contributed by atoms with E-state index in [-0.39, 0.29) is 5.78 Å². The minimum absolute atomic E-state index is 0.145. The topological polar surface area (TPSA) is 81.0 Å². The van der Waals surface area contributed by atoms with Gasteiger partial charge < -0.3 is 15.5 Å². The number of aromatic amines is 1. The molecule has 3 rings (SSSR count). The number of fused-ring (bicyclic) bond motifs is 1. The number of para-hydroxylation sites is 1. The number of hydrogen-bond acceptors (Lipinski definition) is 4. The summed E-state index contributed by atoms with van der Waals surface area (Å²) in [5.41, 5.74) is 7.95. The first kappa shape index (κ1) is 12.2. The number of rotatable bonds is 3. The third-order valence-electron chi connectivity index (χ3n) is 3.19. The number of anilines is 1. The van der Waals surface area contributed by atoms with Gasteiger partial charge in [0.2, 0.25) is 0 Å². The summed E-state index contributed by atoms with van der Waals surface area (Å²) >= 11 is 0. The summed E-state index contributed by atoms with van der Waals surface area (Å²) < 4.78 is 5.24. The van der Waals surface area contributed by atoms with Crippen LogP contribution in [-0.2, 0) is 0 Å². The van der Waals surface area contributed by atoms with Gasteiger partial charge in [0.1, 0.15) is 5.65 Å². The van der Waals surface area contributed by atoms with E-state index in [1.165, 1.54) is 7.11 Å². The average molecular weight is 267 g/mol. The largest absolute Gasteiger partial charge is 0.494 e. The second-order valence-electron chi connectivity index (χ2n) is 4.36. The Bertz CT molecular complexity index is 793. The van der Waals surface area contributed by atoms with Crippen LogP contribution in [-0.4, -0.2) is 22.9 Å². The predicted molar refractivity (Wildman–Crippen MR) is 76.9 cm³/mol. The van der Waals surface area contributed by atoms with Crippen LogP contribution >= 0.6 is 0 Å². The monoisotopic (exact) mass is 267 g/mol. The second kappa shape index (κ2) is 4.70. The van der Waals surface area contributed by atoms with Gasteiger partial charge in [0.15, 0.2) is 11.5 Å². The number of ether oxygens (including phenoxy) is 1. The third kappa shape index (κ3) is 1.80. The Morgan fingerprint density at radius 3 is 2.90 bits per heavy atom. The molecule has 0 unspecified atom stereocenters. The van der Waals surface area contributed by atoms with Crippen molar-refractivity contribution in [1.82, 2.24) is 9.97 Å². The third-order valence-corrected chi connectivity index (χ3v) is 3.19. The van der Waals surface area contributed by atoms with Crippen LogP contribution in [0.3, 0.4) is 0 Å². The summed E-state index contributed by atoms with van der Waals surface area (Å²) in [5.74, 6) is 0.254. The molecule has 3 aromatic rings. The van der Waals surface area contributed by atoms with E-state index < -0.39 is 0 Å². The van der Waals surface area contributed by atoms with Gasteiger partial charge in [-0.25, -0.2) is 4.98 Å². The molecular formula is C15H13N3O2. The normalized spacial score (nSPS) is 10.7. The number of hydrogen-bond donors (Lipinski definition) is 2. The van der Waals surface area contributed by atoms with E-state index in [9.17, 15) is 4.79 Å². The van der Waals surface area contributed by atoms with Gasteiger partial charge in [0.05, 0.1) is 18.4 Å². The minimum atomic E-state index is -0.145. The zero-order chi connectivity index (χ0) is 14.1. The minimum Gasteiger partial charge on any atom is -0.494 e. The number of methoxy groups -OCH3 is 1. The molecule has 0 amide bonds. The molecule has 0 aliphatic rings. The van der Waals surface area contributed by atoms with Gasteiger partial charge in [-0.05, 0) is 24.3 Å². The van der Waals surface area contributed by atoms with Crippen molar-refractivity contribution in [2.24, 2.45) is 0 Å². The van der Waals surface area contributed by atoms with E-state index in [1.807, 2.05) is 6.07 Å². The first-order valence-corrected chi connectivity index (χ1v) is 6.11. The van der Waals surface area contributed by atoms with E-state index in [1.54, 1.807) is 36.7 Å². The number of aromatic nitrogens is 2.